The molecule has 54 heavy (non-hydrogen) atoms. The van der Waals surface area contributed by atoms with E-state index in [-0.39, 0.29) is 29.8 Å². The quantitative estimate of drug-likeness (QED) is 0.133. The van der Waals surface area contributed by atoms with E-state index in [1.54, 1.807) is 21.6 Å². The Labute approximate surface area is 313 Å². The van der Waals surface area contributed by atoms with Crippen LogP contribution in [-0.4, -0.2) is 78.9 Å². The maximum Gasteiger partial charge on any atom is 0.278 e. The minimum Gasteiger partial charge on any atom is -0.384 e. The first-order valence-electron chi connectivity index (χ1n) is 18.8. The minimum atomic E-state index is -0.988. The van der Waals surface area contributed by atoms with E-state index in [0.717, 1.165) is 68.1 Å². The molecule has 3 N–H and O–H groups in total. The van der Waals surface area contributed by atoms with Crippen molar-refractivity contribution in [2.45, 2.75) is 63.5 Å². The molecular formula is C41H45N9O4. The highest BCUT2D eigenvalue weighted by molar-refractivity contribution is 6.01. The van der Waals surface area contributed by atoms with Crippen LogP contribution in [0.4, 0.5) is 17.3 Å². The predicted octanol–water partition coefficient (Wildman–Crippen LogP) is 4.34. The lowest BCUT2D eigenvalue weighted by Crippen LogP contribution is -2.47. The molecule has 278 valence electrons. The van der Waals surface area contributed by atoms with Crippen LogP contribution in [0.1, 0.15) is 60.9 Å². The number of aliphatic hydroxyl groups is 1. The smallest absolute Gasteiger partial charge is 0.278 e. The summed E-state index contributed by atoms with van der Waals surface area (Å²) in [5.41, 5.74) is 5.04. The van der Waals surface area contributed by atoms with Gasteiger partial charge in [0.25, 0.3) is 5.56 Å². The van der Waals surface area contributed by atoms with Gasteiger partial charge in [-0.1, -0.05) is 43.3 Å². The van der Waals surface area contributed by atoms with Crippen LogP contribution < -0.4 is 21.1 Å². The van der Waals surface area contributed by atoms with Gasteiger partial charge in [0.1, 0.15) is 11.0 Å². The summed E-state index contributed by atoms with van der Waals surface area (Å²) in [5, 5.41) is 17.4. The molecule has 13 heteroatoms. The highest BCUT2D eigenvalue weighted by Crippen LogP contribution is 2.38. The minimum absolute atomic E-state index is 0.192. The number of hydrogen-bond acceptors (Lipinski definition) is 10. The normalized spacial score (nSPS) is 20.3. The van der Waals surface area contributed by atoms with Crippen LogP contribution in [-0.2, 0) is 34.6 Å². The van der Waals surface area contributed by atoms with E-state index in [1.165, 1.54) is 5.56 Å². The molecule has 3 aliphatic rings. The van der Waals surface area contributed by atoms with E-state index in [1.807, 2.05) is 43.3 Å². The third-order valence-corrected chi connectivity index (χ3v) is 11.2. The summed E-state index contributed by atoms with van der Waals surface area (Å²) < 4.78 is 3.24. The van der Waals surface area contributed by atoms with Gasteiger partial charge in [-0.05, 0) is 79.1 Å². The SMILES string of the molecule is C=CCn1c(=O)c2cnc(Nc3ccc(CCN4CCN(c5ccc(C6CCC(=O)NC6=O)cc5)CC4)cc3)nc2n1-c1ccc2c(n1)[C@@](O)(CC)CC2. The van der Waals surface area contributed by atoms with Gasteiger partial charge in [-0.2, -0.15) is 4.98 Å². The first-order chi connectivity index (χ1) is 26.2. The summed E-state index contributed by atoms with van der Waals surface area (Å²) >= 11 is 0. The number of nitrogens with zero attached hydrogens (tertiary/aromatic N) is 7. The highest BCUT2D eigenvalue weighted by Gasteiger charge is 2.37. The molecule has 3 aromatic heterocycles. The van der Waals surface area contributed by atoms with E-state index in [9.17, 15) is 19.5 Å². The lowest BCUT2D eigenvalue weighted by atomic mass is 9.90. The fourth-order valence-electron chi connectivity index (χ4n) is 7.94. The third-order valence-electron chi connectivity index (χ3n) is 11.2. The number of allylic oxidation sites excluding steroid dienone is 1. The highest BCUT2D eigenvalue weighted by atomic mass is 16.3. The molecule has 13 nitrogen and oxygen atoms in total. The summed E-state index contributed by atoms with van der Waals surface area (Å²) in [7, 11) is 0. The number of benzene rings is 2. The number of pyridine rings is 1. The Balaban J connectivity index is 0.895. The van der Waals surface area contributed by atoms with Gasteiger partial charge in [-0.25, -0.2) is 19.3 Å². The van der Waals surface area contributed by atoms with Crippen molar-refractivity contribution in [2.24, 2.45) is 0 Å². The van der Waals surface area contributed by atoms with Gasteiger partial charge < -0.3 is 15.3 Å². The number of imide groups is 1. The van der Waals surface area contributed by atoms with Gasteiger partial charge in [0.15, 0.2) is 11.5 Å². The van der Waals surface area contributed by atoms with Crippen LogP contribution in [0.2, 0.25) is 0 Å². The van der Waals surface area contributed by atoms with Gasteiger partial charge in [-0.15, -0.1) is 6.58 Å². The number of piperidine rings is 1. The number of carbonyl (C=O) groups is 2. The van der Waals surface area contributed by atoms with Crippen molar-refractivity contribution in [3.8, 4) is 5.82 Å². The maximum absolute atomic E-state index is 13.5. The first kappa shape index (κ1) is 35.4. The first-order valence-corrected chi connectivity index (χ1v) is 18.8. The van der Waals surface area contributed by atoms with Crippen LogP contribution in [0.5, 0.6) is 0 Å². The monoisotopic (exact) mass is 727 g/mol. The molecular weight excluding hydrogens is 683 g/mol. The molecule has 2 fully saturated rings. The number of anilines is 3. The molecule has 8 rings (SSSR count). The van der Waals surface area contributed by atoms with Crippen LogP contribution >= 0.6 is 0 Å². The van der Waals surface area contributed by atoms with Gasteiger partial charge in [-0.3, -0.25) is 24.6 Å². The summed E-state index contributed by atoms with van der Waals surface area (Å²) in [6, 6.07) is 20.3. The fraction of sp³-hybridized carbons (Fsp3) is 0.366. The largest absolute Gasteiger partial charge is 0.384 e. The number of nitrogens with one attached hydrogen (secondary N) is 2. The zero-order valence-electron chi connectivity index (χ0n) is 30.5. The van der Waals surface area contributed by atoms with Crippen molar-refractivity contribution in [3.05, 3.63) is 112 Å². The number of aromatic nitrogens is 5. The average molecular weight is 728 g/mol. The number of amides is 2. The average Bonchev–Trinajstić information content (AvgIpc) is 3.67. The lowest BCUT2D eigenvalue weighted by molar-refractivity contribution is -0.134. The summed E-state index contributed by atoms with van der Waals surface area (Å²) in [6.45, 7) is 10.8. The number of carbonyl (C=O) groups excluding carboxylic acids is 2. The van der Waals surface area contributed by atoms with Crippen molar-refractivity contribution < 1.29 is 14.7 Å². The molecule has 0 bridgehead atoms. The Morgan fingerprint density at radius 1 is 0.981 bits per heavy atom. The zero-order chi connectivity index (χ0) is 37.4. The summed E-state index contributed by atoms with van der Waals surface area (Å²) in [6.07, 6.45) is 7.02. The Morgan fingerprint density at radius 2 is 1.76 bits per heavy atom. The molecule has 2 atom stereocenters. The van der Waals surface area contributed by atoms with E-state index in [2.05, 4.69) is 56.3 Å². The number of rotatable bonds is 11. The van der Waals surface area contributed by atoms with Gasteiger partial charge in [0, 0.05) is 56.7 Å². The van der Waals surface area contributed by atoms with E-state index in [0.29, 0.717) is 54.2 Å². The topological polar surface area (TPSA) is 151 Å². The number of hydrogen-bond donors (Lipinski definition) is 3. The van der Waals surface area contributed by atoms with Crippen molar-refractivity contribution in [3.63, 3.8) is 0 Å². The summed E-state index contributed by atoms with van der Waals surface area (Å²) in [5.74, 6) is 0.206. The Hall–Kier alpha value is -5.66. The molecule has 1 aliphatic carbocycles. The number of piperazine rings is 1. The van der Waals surface area contributed by atoms with Crippen LogP contribution in [0.25, 0.3) is 16.9 Å². The van der Waals surface area contributed by atoms with Crippen molar-refractivity contribution in [1.82, 2.24) is 34.5 Å². The predicted molar refractivity (Wildman–Crippen MR) is 207 cm³/mol. The van der Waals surface area contributed by atoms with Crippen LogP contribution in [0.15, 0.2) is 84.3 Å². The zero-order valence-corrected chi connectivity index (χ0v) is 30.5. The molecule has 2 aliphatic heterocycles. The van der Waals surface area contributed by atoms with E-state index in [4.69, 9.17) is 9.97 Å². The van der Waals surface area contributed by atoms with Crippen molar-refractivity contribution in [2.75, 3.05) is 42.9 Å². The Kier molecular flexibility index (Phi) is 9.59. The Morgan fingerprint density at radius 3 is 2.48 bits per heavy atom. The van der Waals surface area contributed by atoms with Gasteiger partial charge in [0.2, 0.25) is 17.8 Å². The third kappa shape index (κ3) is 6.80. The molecule has 2 amide bonds. The Bertz CT molecular complexity index is 2270. The van der Waals surface area contributed by atoms with Crippen LogP contribution in [0.3, 0.4) is 0 Å². The van der Waals surface area contributed by atoms with E-state index < -0.39 is 5.60 Å². The maximum atomic E-state index is 13.5. The van der Waals surface area contributed by atoms with Gasteiger partial charge in [0.05, 0.1) is 18.2 Å². The van der Waals surface area contributed by atoms with Crippen molar-refractivity contribution >= 4 is 40.2 Å². The molecule has 5 aromatic rings. The molecule has 0 radical (unpaired) electrons. The van der Waals surface area contributed by atoms with E-state index >= 15 is 0 Å². The van der Waals surface area contributed by atoms with Crippen molar-refractivity contribution in [1.29, 1.82) is 0 Å². The molecule has 1 unspecified atom stereocenters. The molecule has 2 saturated heterocycles. The lowest BCUT2D eigenvalue weighted by Gasteiger charge is -2.36. The van der Waals surface area contributed by atoms with Crippen LogP contribution in [0, 0.1) is 0 Å². The molecule has 0 spiro atoms. The number of fused-ring (bicyclic) bond motifs is 2. The second kappa shape index (κ2) is 14.6. The second-order valence-corrected chi connectivity index (χ2v) is 14.5. The molecule has 2 aromatic carbocycles. The van der Waals surface area contributed by atoms with Gasteiger partial charge >= 0.3 is 0 Å². The molecule has 0 saturated carbocycles. The molecule has 5 heterocycles. The standard InChI is InChI=1S/C41H45N9O4/c1-3-20-49-39(53)33-26-42-40(46-37(33)50(49)34-15-9-29-17-19-41(54,4-2)36(29)44-34)43-30-10-5-27(6-11-30)18-21-47-22-24-48(25-23-47)31-12-7-28(8-13-31)32-14-16-35(51)45-38(32)52/h3,5-13,15,26,32,54H,1,4,14,16-25H2,2H3,(H,42,43,46)(H,45,51,52)/t32?,41-/m1/s1. The number of aryl methyl sites for hydroxylation is 1. The summed E-state index contributed by atoms with van der Waals surface area (Å²) in [4.78, 5) is 56.3. The fourth-order valence-corrected chi connectivity index (χ4v) is 7.94. The second-order valence-electron chi connectivity index (χ2n) is 14.5.